The molecule has 1 aliphatic rings. The highest BCUT2D eigenvalue weighted by atomic mass is 16.3. The number of aliphatic hydroxyl groups is 1. The van der Waals surface area contributed by atoms with E-state index in [2.05, 4.69) is 20.5 Å². The Hall–Kier alpha value is -3.26. The summed E-state index contributed by atoms with van der Waals surface area (Å²) in [6, 6.07) is 9.10. The normalized spacial score (nSPS) is 19.3. The number of carbonyl (C=O) groups is 2. The molecule has 8 heteroatoms. The van der Waals surface area contributed by atoms with Crippen molar-refractivity contribution in [2.75, 3.05) is 13.1 Å². The van der Waals surface area contributed by atoms with Gasteiger partial charge in [0.25, 0.3) is 0 Å². The summed E-state index contributed by atoms with van der Waals surface area (Å²) in [6.07, 6.45) is 5.23. The third-order valence-electron chi connectivity index (χ3n) is 5.22. The van der Waals surface area contributed by atoms with Crippen LogP contribution >= 0.6 is 0 Å². The number of aliphatic hydroxyl groups excluding tert-OH is 1. The second-order valence-electron chi connectivity index (χ2n) is 7.36. The zero-order valence-corrected chi connectivity index (χ0v) is 15.9. The molecule has 150 valence electrons. The third kappa shape index (κ3) is 4.60. The molecule has 0 aliphatic carbocycles. The van der Waals surface area contributed by atoms with Crippen molar-refractivity contribution in [2.24, 2.45) is 0 Å². The average Bonchev–Trinajstić information content (AvgIpc) is 3.22. The predicted octanol–water partition coefficient (Wildman–Crippen LogP) is 0.821. The van der Waals surface area contributed by atoms with E-state index in [4.69, 9.17) is 0 Å². The highest BCUT2D eigenvalue weighted by Gasteiger charge is 2.31. The SMILES string of the molecule is O=C(Cc1ccc2cccnc2c1)N[C@@H]1CN(C(=O)Cc2cn[nH]c2)CC[C@H]1O. The summed E-state index contributed by atoms with van der Waals surface area (Å²) in [7, 11) is 0. The maximum absolute atomic E-state index is 12.5. The zero-order valence-electron chi connectivity index (χ0n) is 15.9. The Balaban J connectivity index is 1.36. The number of pyridine rings is 1. The van der Waals surface area contributed by atoms with Gasteiger partial charge in [-0.1, -0.05) is 18.2 Å². The Labute approximate surface area is 167 Å². The number of rotatable bonds is 5. The lowest BCUT2D eigenvalue weighted by Crippen LogP contribution is -2.56. The number of benzene rings is 1. The van der Waals surface area contributed by atoms with Gasteiger partial charge >= 0.3 is 0 Å². The number of H-pyrrole nitrogens is 1. The highest BCUT2D eigenvalue weighted by molar-refractivity contribution is 5.83. The molecule has 0 spiro atoms. The van der Waals surface area contributed by atoms with Crippen LogP contribution in [0.2, 0.25) is 0 Å². The molecule has 1 fully saturated rings. The van der Waals surface area contributed by atoms with E-state index in [1.165, 1.54) is 0 Å². The Morgan fingerprint density at radius 3 is 2.97 bits per heavy atom. The summed E-state index contributed by atoms with van der Waals surface area (Å²) in [5.41, 5.74) is 2.50. The van der Waals surface area contributed by atoms with Crippen molar-refractivity contribution < 1.29 is 14.7 Å². The number of piperidine rings is 1. The van der Waals surface area contributed by atoms with Crippen molar-refractivity contribution >= 4 is 22.7 Å². The Morgan fingerprint density at radius 2 is 2.14 bits per heavy atom. The smallest absolute Gasteiger partial charge is 0.227 e. The number of nitrogens with one attached hydrogen (secondary N) is 2. The molecule has 3 heterocycles. The third-order valence-corrected chi connectivity index (χ3v) is 5.22. The molecule has 2 aromatic heterocycles. The lowest BCUT2D eigenvalue weighted by Gasteiger charge is -2.36. The fraction of sp³-hybridized carbons (Fsp3) is 0.333. The van der Waals surface area contributed by atoms with Crippen molar-refractivity contribution in [2.45, 2.75) is 31.4 Å². The van der Waals surface area contributed by atoms with E-state index >= 15 is 0 Å². The number of aromatic nitrogens is 3. The molecule has 0 saturated carbocycles. The number of aromatic amines is 1. The van der Waals surface area contributed by atoms with E-state index < -0.39 is 12.1 Å². The molecule has 3 N–H and O–H groups in total. The molecule has 8 nitrogen and oxygen atoms in total. The quantitative estimate of drug-likeness (QED) is 0.594. The van der Waals surface area contributed by atoms with Gasteiger partial charge in [0.1, 0.15) is 0 Å². The molecule has 2 amide bonds. The first kappa shape index (κ1) is 19.1. The average molecular weight is 393 g/mol. The second-order valence-corrected chi connectivity index (χ2v) is 7.36. The molecule has 1 aliphatic heterocycles. The molecule has 0 radical (unpaired) electrons. The van der Waals surface area contributed by atoms with Gasteiger partial charge in [-0.15, -0.1) is 0 Å². The number of nitrogens with zero attached hydrogens (tertiary/aromatic N) is 3. The number of hydrogen-bond acceptors (Lipinski definition) is 5. The summed E-state index contributed by atoms with van der Waals surface area (Å²) >= 11 is 0. The fourth-order valence-electron chi connectivity index (χ4n) is 3.63. The predicted molar refractivity (Wildman–Crippen MR) is 107 cm³/mol. The van der Waals surface area contributed by atoms with Crippen molar-refractivity contribution in [3.63, 3.8) is 0 Å². The largest absolute Gasteiger partial charge is 0.391 e. The van der Waals surface area contributed by atoms with Crippen LogP contribution in [-0.4, -0.2) is 62.2 Å². The molecular weight excluding hydrogens is 370 g/mol. The molecule has 2 atom stereocenters. The van der Waals surface area contributed by atoms with Gasteiger partial charge in [-0.2, -0.15) is 5.10 Å². The molecule has 0 bridgehead atoms. The van der Waals surface area contributed by atoms with Gasteiger partial charge in [-0.05, 0) is 29.7 Å². The first-order valence-electron chi connectivity index (χ1n) is 9.65. The van der Waals surface area contributed by atoms with E-state index in [9.17, 15) is 14.7 Å². The fourth-order valence-corrected chi connectivity index (χ4v) is 3.63. The van der Waals surface area contributed by atoms with Gasteiger partial charge in [0.2, 0.25) is 11.8 Å². The van der Waals surface area contributed by atoms with Crippen molar-refractivity contribution in [3.8, 4) is 0 Å². The van der Waals surface area contributed by atoms with Gasteiger partial charge in [-0.3, -0.25) is 19.7 Å². The van der Waals surface area contributed by atoms with Crippen LogP contribution in [0.4, 0.5) is 0 Å². The summed E-state index contributed by atoms with van der Waals surface area (Å²) in [6.45, 7) is 0.767. The van der Waals surface area contributed by atoms with Gasteiger partial charge in [0, 0.05) is 30.9 Å². The Morgan fingerprint density at radius 1 is 1.24 bits per heavy atom. The minimum absolute atomic E-state index is 0.0434. The van der Waals surface area contributed by atoms with Crippen LogP contribution in [0.25, 0.3) is 10.9 Å². The standard InChI is InChI=1S/C21H23N5O3/c27-19-5-7-26(21(29)10-15-11-23-24-12-15)13-18(19)25-20(28)9-14-3-4-16-2-1-6-22-17(16)8-14/h1-4,6,8,11-12,18-19,27H,5,7,9-10,13H2,(H,23,24)(H,25,28)/t18-,19-/m1/s1. The summed E-state index contributed by atoms with van der Waals surface area (Å²) in [5.74, 6) is -0.230. The maximum atomic E-state index is 12.5. The van der Waals surface area contributed by atoms with Gasteiger partial charge in [0.15, 0.2) is 0 Å². The number of fused-ring (bicyclic) bond motifs is 1. The maximum Gasteiger partial charge on any atom is 0.227 e. The summed E-state index contributed by atoms with van der Waals surface area (Å²) in [5, 5.41) is 20.8. The van der Waals surface area contributed by atoms with Crippen LogP contribution in [0.15, 0.2) is 48.9 Å². The molecule has 3 aromatic rings. The van der Waals surface area contributed by atoms with E-state index in [1.807, 2.05) is 30.3 Å². The van der Waals surface area contributed by atoms with E-state index in [0.717, 1.165) is 22.0 Å². The van der Waals surface area contributed by atoms with Crippen LogP contribution in [0.1, 0.15) is 17.5 Å². The summed E-state index contributed by atoms with van der Waals surface area (Å²) < 4.78 is 0. The van der Waals surface area contributed by atoms with E-state index in [-0.39, 0.29) is 24.7 Å². The van der Waals surface area contributed by atoms with Crippen LogP contribution in [-0.2, 0) is 22.4 Å². The lowest BCUT2D eigenvalue weighted by molar-refractivity contribution is -0.135. The number of amides is 2. The summed E-state index contributed by atoms with van der Waals surface area (Å²) in [4.78, 5) is 31.0. The number of carbonyl (C=O) groups excluding carboxylic acids is 2. The first-order chi connectivity index (χ1) is 14.1. The van der Waals surface area contributed by atoms with E-state index in [1.54, 1.807) is 23.5 Å². The number of likely N-dealkylation sites (tertiary alicyclic amines) is 1. The molecular formula is C21H23N5O3. The van der Waals surface area contributed by atoms with Crippen molar-refractivity contribution in [1.82, 2.24) is 25.4 Å². The van der Waals surface area contributed by atoms with Crippen molar-refractivity contribution in [3.05, 3.63) is 60.0 Å². The van der Waals surface area contributed by atoms with Crippen LogP contribution < -0.4 is 5.32 Å². The molecule has 4 rings (SSSR count). The van der Waals surface area contributed by atoms with Crippen molar-refractivity contribution in [1.29, 1.82) is 0 Å². The Kier molecular flexibility index (Phi) is 5.53. The highest BCUT2D eigenvalue weighted by Crippen LogP contribution is 2.15. The minimum Gasteiger partial charge on any atom is -0.391 e. The van der Waals surface area contributed by atoms with Gasteiger partial charge in [0.05, 0.1) is 36.7 Å². The molecule has 1 aromatic carbocycles. The van der Waals surface area contributed by atoms with Gasteiger partial charge in [-0.25, -0.2) is 0 Å². The monoisotopic (exact) mass is 393 g/mol. The van der Waals surface area contributed by atoms with Crippen LogP contribution in [0, 0.1) is 0 Å². The lowest BCUT2D eigenvalue weighted by atomic mass is 10.0. The minimum atomic E-state index is -0.671. The van der Waals surface area contributed by atoms with Gasteiger partial charge < -0.3 is 15.3 Å². The van der Waals surface area contributed by atoms with Crippen LogP contribution in [0.3, 0.4) is 0 Å². The number of hydrogen-bond donors (Lipinski definition) is 3. The molecule has 1 saturated heterocycles. The molecule has 0 unspecified atom stereocenters. The zero-order chi connectivity index (χ0) is 20.2. The van der Waals surface area contributed by atoms with E-state index in [0.29, 0.717) is 19.5 Å². The van der Waals surface area contributed by atoms with Crippen LogP contribution in [0.5, 0.6) is 0 Å². The first-order valence-corrected chi connectivity index (χ1v) is 9.65. The molecule has 29 heavy (non-hydrogen) atoms. The topological polar surface area (TPSA) is 111 Å². The Bertz CT molecular complexity index is 1000. The second kappa shape index (κ2) is 8.40.